The van der Waals surface area contributed by atoms with E-state index in [0.717, 1.165) is 4.90 Å². The first-order chi connectivity index (χ1) is 16.4. The Kier molecular flexibility index (Phi) is 6.30. The van der Waals surface area contributed by atoms with E-state index in [1.54, 1.807) is 30.3 Å². The summed E-state index contributed by atoms with van der Waals surface area (Å²) >= 11 is 0. The smallest absolute Gasteiger partial charge is 0.338 e. The monoisotopic (exact) mass is 464 g/mol. The molecule has 0 saturated heterocycles. The summed E-state index contributed by atoms with van der Waals surface area (Å²) in [4.78, 5) is 51.0. The SMILES string of the molecule is COc1ccc(NC(=O)COC(=O)c2ccc3c(c2)C(=O)N(Cc2ccco2)C3=O)c(OC)c1. The van der Waals surface area contributed by atoms with Crippen molar-refractivity contribution in [2.24, 2.45) is 0 Å². The summed E-state index contributed by atoms with van der Waals surface area (Å²) in [5.74, 6) is -1.06. The number of anilines is 1. The van der Waals surface area contributed by atoms with Crippen molar-refractivity contribution < 1.29 is 37.8 Å². The van der Waals surface area contributed by atoms with E-state index >= 15 is 0 Å². The van der Waals surface area contributed by atoms with E-state index in [9.17, 15) is 19.2 Å². The molecule has 1 aliphatic rings. The van der Waals surface area contributed by atoms with Crippen molar-refractivity contribution in [2.75, 3.05) is 26.1 Å². The minimum atomic E-state index is -0.815. The molecule has 0 saturated carbocycles. The number of methoxy groups -OCH3 is 2. The molecule has 0 fully saturated rings. The normalized spacial score (nSPS) is 12.4. The number of imide groups is 1. The molecule has 1 aliphatic heterocycles. The number of carbonyl (C=O) groups is 4. The Morgan fingerprint density at radius 2 is 1.76 bits per heavy atom. The van der Waals surface area contributed by atoms with Gasteiger partial charge in [0, 0.05) is 6.07 Å². The van der Waals surface area contributed by atoms with Crippen LogP contribution in [0.25, 0.3) is 0 Å². The van der Waals surface area contributed by atoms with Crippen LogP contribution in [0.5, 0.6) is 11.5 Å². The van der Waals surface area contributed by atoms with Crippen LogP contribution in [-0.4, -0.2) is 49.4 Å². The van der Waals surface area contributed by atoms with Gasteiger partial charge in [0.2, 0.25) is 0 Å². The molecule has 1 N–H and O–H groups in total. The van der Waals surface area contributed by atoms with Crippen molar-refractivity contribution in [3.05, 3.63) is 77.2 Å². The van der Waals surface area contributed by atoms with E-state index in [-0.39, 0.29) is 23.2 Å². The molecule has 1 aromatic heterocycles. The highest BCUT2D eigenvalue weighted by atomic mass is 16.5. The summed E-state index contributed by atoms with van der Waals surface area (Å²) in [6, 6.07) is 12.2. The van der Waals surface area contributed by atoms with Crippen LogP contribution in [0.2, 0.25) is 0 Å². The minimum Gasteiger partial charge on any atom is -0.497 e. The van der Waals surface area contributed by atoms with Gasteiger partial charge in [-0.05, 0) is 42.5 Å². The number of esters is 1. The van der Waals surface area contributed by atoms with Crippen LogP contribution in [-0.2, 0) is 16.1 Å². The third kappa shape index (κ3) is 4.46. The maximum Gasteiger partial charge on any atom is 0.338 e. The van der Waals surface area contributed by atoms with Gasteiger partial charge in [0.25, 0.3) is 17.7 Å². The zero-order chi connectivity index (χ0) is 24.2. The standard InChI is InChI=1S/C24H20N2O8/c1-31-15-6-8-19(20(11-15)32-2)25-21(27)13-34-24(30)14-5-7-17-18(10-14)23(29)26(22(17)28)12-16-4-3-9-33-16/h3-11H,12-13H2,1-2H3,(H,25,27). The number of fused-ring (bicyclic) bond motifs is 1. The topological polar surface area (TPSA) is 124 Å². The Balaban J connectivity index is 1.39. The fourth-order valence-electron chi connectivity index (χ4n) is 3.42. The number of nitrogens with one attached hydrogen (secondary N) is 1. The number of rotatable bonds is 8. The molecule has 4 rings (SSSR count). The number of ether oxygens (including phenoxy) is 3. The Morgan fingerprint density at radius 1 is 0.971 bits per heavy atom. The van der Waals surface area contributed by atoms with Crippen LogP contribution in [0.15, 0.2) is 59.2 Å². The third-order valence-corrected chi connectivity index (χ3v) is 5.12. The average molecular weight is 464 g/mol. The molecule has 0 spiro atoms. The van der Waals surface area contributed by atoms with E-state index in [1.165, 1.54) is 38.7 Å². The lowest BCUT2D eigenvalue weighted by Gasteiger charge is -2.12. The number of carbonyl (C=O) groups excluding carboxylic acids is 4. The number of benzene rings is 2. The first-order valence-corrected chi connectivity index (χ1v) is 10.1. The van der Waals surface area contributed by atoms with Crippen molar-refractivity contribution in [1.82, 2.24) is 4.90 Å². The zero-order valence-corrected chi connectivity index (χ0v) is 18.3. The maximum atomic E-state index is 12.7. The van der Waals surface area contributed by atoms with Crippen molar-refractivity contribution in [2.45, 2.75) is 6.54 Å². The van der Waals surface area contributed by atoms with E-state index in [0.29, 0.717) is 22.9 Å². The van der Waals surface area contributed by atoms with E-state index in [1.807, 2.05) is 0 Å². The maximum absolute atomic E-state index is 12.7. The Morgan fingerprint density at radius 3 is 2.47 bits per heavy atom. The predicted molar refractivity (Wildman–Crippen MR) is 118 cm³/mol. The number of nitrogens with zero attached hydrogens (tertiary/aromatic N) is 1. The Hall–Kier alpha value is -4.60. The van der Waals surface area contributed by atoms with Gasteiger partial charge in [-0.3, -0.25) is 19.3 Å². The number of amides is 3. The van der Waals surface area contributed by atoms with E-state index in [2.05, 4.69) is 5.32 Å². The van der Waals surface area contributed by atoms with Gasteiger partial charge in [0.1, 0.15) is 17.3 Å². The van der Waals surface area contributed by atoms with Crippen LogP contribution in [0.4, 0.5) is 5.69 Å². The van der Waals surface area contributed by atoms with E-state index < -0.39 is 30.3 Å². The van der Waals surface area contributed by atoms with Crippen LogP contribution in [0.1, 0.15) is 36.8 Å². The molecule has 174 valence electrons. The first-order valence-electron chi connectivity index (χ1n) is 10.1. The van der Waals surface area contributed by atoms with Crippen LogP contribution in [0, 0.1) is 0 Å². The fraction of sp³-hybridized carbons (Fsp3) is 0.167. The molecule has 3 aromatic rings. The highest BCUT2D eigenvalue weighted by Gasteiger charge is 2.36. The lowest BCUT2D eigenvalue weighted by Crippen LogP contribution is -2.28. The van der Waals surface area contributed by atoms with Gasteiger partial charge < -0.3 is 23.9 Å². The lowest BCUT2D eigenvalue weighted by molar-refractivity contribution is -0.119. The summed E-state index contributed by atoms with van der Waals surface area (Å²) in [6.45, 7) is -0.587. The molecule has 2 aromatic carbocycles. The summed E-state index contributed by atoms with van der Waals surface area (Å²) in [6.07, 6.45) is 1.45. The summed E-state index contributed by atoms with van der Waals surface area (Å²) in [7, 11) is 2.95. The van der Waals surface area contributed by atoms with E-state index in [4.69, 9.17) is 18.6 Å². The number of hydrogen-bond acceptors (Lipinski definition) is 8. The highest BCUT2D eigenvalue weighted by Crippen LogP contribution is 2.29. The van der Waals surface area contributed by atoms with Crippen LogP contribution >= 0.6 is 0 Å². The molecule has 0 unspecified atom stereocenters. The van der Waals surface area contributed by atoms with Crippen LogP contribution < -0.4 is 14.8 Å². The number of hydrogen-bond donors (Lipinski definition) is 1. The lowest BCUT2D eigenvalue weighted by atomic mass is 10.1. The summed E-state index contributed by atoms with van der Waals surface area (Å²) in [5, 5.41) is 2.59. The van der Waals surface area contributed by atoms with Gasteiger partial charge in [-0.1, -0.05) is 0 Å². The molecule has 0 atom stereocenters. The van der Waals surface area contributed by atoms with Crippen molar-refractivity contribution >= 4 is 29.4 Å². The third-order valence-electron chi connectivity index (χ3n) is 5.12. The van der Waals surface area contributed by atoms with Crippen LogP contribution in [0.3, 0.4) is 0 Å². The van der Waals surface area contributed by atoms with Gasteiger partial charge in [-0.25, -0.2) is 4.79 Å². The summed E-state index contributed by atoms with van der Waals surface area (Å²) < 4.78 is 20.6. The largest absolute Gasteiger partial charge is 0.497 e. The fourth-order valence-corrected chi connectivity index (χ4v) is 3.42. The predicted octanol–water partition coefficient (Wildman–Crippen LogP) is 2.89. The van der Waals surface area contributed by atoms with Crippen molar-refractivity contribution in [3.63, 3.8) is 0 Å². The molecule has 3 amide bonds. The quantitative estimate of drug-likeness (QED) is 0.399. The van der Waals surface area contributed by atoms with Crippen molar-refractivity contribution in [1.29, 1.82) is 0 Å². The van der Waals surface area contributed by atoms with Gasteiger partial charge in [0.15, 0.2) is 6.61 Å². The van der Waals surface area contributed by atoms with Gasteiger partial charge in [-0.15, -0.1) is 0 Å². The first kappa shape index (κ1) is 22.6. The Bertz CT molecular complexity index is 1270. The Labute approximate surface area is 194 Å². The molecule has 34 heavy (non-hydrogen) atoms. The second-order valence-corrected chi connectivity index (χ2v) is 7.23. The second kappa shape index (κ2) is 9.49. The average Bonchev–Trinajstić information content (AvgIpc) is 3.45. The molecule has 10 nitrogen and oxygen atoms in total. The number of furan rings is 1. The molecule has 0 bridgehead atoms. The molecule has 10 heteroatoms. The van der Waals surface area contributed by atoms with Crippen molar-refractivity contribution in [3.8, 4) is 11.5 Å². The minimum absolute atomic E-state index is 0.0197. The molecular formula is C24H20N2O8. The second-order valence-electron chi connectivity index (χ2n) is 7.23. The molecule has 2 heterocycles. The molecular weight excluding hydrogens is 444 g/mol. The molecule has 0 radical (unpaired) electrons. The van der Waals surface area contributed by atoms with Gasteiger partial charge in [-0.2, -0.15) is 0 Å². The highest BCUT2D eigenvalue weighted by molar-refractivity contribution is 6.21. The van der Waals surface area contributed by atoms with Gasteiger partial charge in [0.05, 0.1) is 49.4 Å². The molecule has 0 aliphatic carbocycles. The summed E-state index contributed by atoms with van der Waals surface area (Å²) in [5.41, 5.74) is 0.674. The zero-order valence-electron chi connectivity index (χ0n) is 18.3. The van der Waals surface area contributed by atoms with Gasteiger partial charge >= 0.3 is 5.97 Å².